The van der Waals surface area contributed by atoms with Crippen LogP contribution in [0.3, 0.4) is 0 Å². The third-order valence-corrected chi connectivity index (χ3v) is 3.63. The second-order valence-electron chi connectivity index (χ2n) is 5.28. The lowest BCUT2D eigenvalue weighted by Crippen LogP contribution is -2.33. The molecule has 0 spiro atoms. The standard InChI is InChI=1S/C18H19FN2O3/c1-3-15(24-16-10-5-4-8-13(16)19)18(23)21-14-9-6-7-12(11(14)2)17(20)22/h4-10,15H,3H2,1-2H3,(H2,20,22)(H,21,23). The van der Waals surface area contributed by atoms with E-state index in [0.29, 0.717) is 23.2 Å². The molecule has 5 nitrogen and oxygen atoms in total. The molecule has 0 bridgehead atoms. The van der Waals surface area contributed by atoms with E-state index in [-0.39, 0.29) is 5.75 Å². The first-order valence-electron chi connectivity index (χ1n) is 7.55. The highest BCUT2D eigenvalue weighted by Crippen LogP contribution is 2.21. The molecule has 0 saturated heterocycles. The van der Waals surface area contributed by atoms with Gasteiger partial charge in [-0.3, -0.25) is 9.59 Å². The van der Waals surface area contributed by atoms with Crippen LogP contribution in [0.1, 0.15) is 29.3 Å². The average Bonchev–Trinajstić information content (AvgIpc) is 2.55. The number of ether oxygens (including phenoxy) is 1. The zero-order chi connectivity index (χ0) is 17.7. The Balaban J connectivity index is 2.17. The lowest BCUT2D eigenvalue weighted by molar-refractivity contribution is -0.122. The predicted octanol–water partition coefficient (Wildman–Crippen LogP) is 3.03. The number of anilines is 1. The molecule has 126 valence electrons. The van der Waals surface area contributed by atoms with Crippen LogP contribution in [0.25, 0.3) is 0 Å². The number of amides is 2. The summed E-state index contributed by atoms with van der Waals surface area (Å²) in [5.74, 6) is -1.51. The van der Waals surface area contributed by atoms with Gasteiger partial charge in [-0.05, 0) is 43.2 Å². The van der Waals surface area contributed by atoms with Crippen molar-refractivity contribution in [2.45, 2.75) is 26.4 Å². The van der Waals surface area contributed by atoms with Crippen LogP contribution in [0.15, 0.2) is 42.5 Å². The van der Waals surface area contributed by atoms with E-state index in [0.717, 1.165) is 0 Å². The first-order chi connectivity index (χ1) is 11.4. The number of carbonyl (C=O) groups excluding carboxylic acids is 2. The van der Waals surface area contributed by atoms with Crippen molar-refractivity contribution >= 4 is 17.5 Å². The Morgan fingerprint density at radius 1 is 1.21 bits per heavy atom. The second kappa shape index (κ2) is 7.59. The molecular weight excluding hydrogens is 311 g/mol. The first-order valence-corrected chi connectivity index (χ1v) is 7.55. The molecule has 2 aromatic carbocycles. The van der Waals surface area contributed by atoms with E-state index < -0.39 is 23.7 Å². The van der Waals surface area contributed by atoms with Crippen LogP contribution in [0.5, 0.6) is 5.75 Å². The molecule has 3 N–H and O–H groups in total. The molecule has 0 aliphatic heterocycles. The summed E-state index contributed by atoms with van der Waals surface area (Å²) in [6.45, 7) is 3.45. The van der Waals surface area contributed by atoms with Crippen LogP contribution in [0.2, 0.25) is 0 Å². The normalized spacial score (nSPS) is 11.6. The van der Waals surface area contributed by atoms with Gasteiger partial charge in [-0.25, -0.2) is 4.39 Å². The fourth-order valence-electron chi connectivity index (χ4n) is 2.27. The summed E-state index contributed by atoms with van der Waals surface area (Å²) in [6, 6.07) is 10.8. The summed E-state index contributed by atoms with van der Waals surface area (Å²) in [7, 11) is 0. The quantitative estimate of drug-likeness (QED) is 0.854. The SMILES string of the molecule is CCC(Oc1ccccc1F)C(=O)Nc1cccc(C(N)=O)c1C. The number of nitrogens with two attached hydrogens (primary N) is 1. The molecule has 0 fully saturated rings. The lowest BCUT2D eigenvalue weighted by atomic mass is 10.1. The van der Waals surface area contributed by atoms with Crippen LogP contribution in [-0.2, 0) is 4.79 Å². The number of hydrogen-bond acceptors (Lipinski definition) is 3. The van der Waals surface area contributed by atoms with Gasteiger partial charge in [-0.1, -0.05) is 25.1 Å². The summed E-state index contributed by atoms with van der Waals surface area (Å²) in [4.78, 5) is 23.8. The minimum absolute atomic E-state index is 0.0158. The van der Waals surface area contributed by atoms with Crippen molar-refractivity contribution in [1.29, 1.82) is 0 Å². The summed E-state index contributed by atoms with van der Waals surface area (Å²) in [5, 5.41) is 2.70. The summed E-state index contributed by atoms with van der Waals surface area (Å²) >= 11 is 0. The van der Waals surface area contributed by atoms with Crippen LogP contribution in [-0.4, -0.2) is 17.9 Å². The fraction of sp³-hybridized carbons (Fsp3) is 0.222. The molecule has 0 radical (unpaired) electrons. The second-order valence-corrected chi connectivity index (χ2v) is 5.28. The van der Waals surface area contributed by atoms with E-state index in [9.17, 15) is 14.0 Å². The maximum absolute atomic E-state index is 13.7. The van der Waals surface area contributed by atoms with Crippen molar-refractivity contribution < 1.29 is 18.7 Å². The van der Waals surface area contributed by atoms with Gasteiger partial charge in [0.2, 0.25) is 5.91 Å². The minimum atomic E-state index is -0.862. The molecular formula is C18H19FN2O3. The molecule has 2 rings (SSSR count). The van der Waals surface area contributed by atoms with E-state index in [1.807, 2.05) is 0 Å². The van der Waals surface area contributed by atoms with Crippen molar-refractivity contribution in [3.8, 4) is 5.75 Å². The Morgan fingerprint density at radius 2 is 1.92 bits per heavy atom. The third kappa shape index (κ3) is 3.90. The molecule has 0 aliphatic carbocycles. The molecule has 2 amide bonds. The molecule has 1 atom stereocenters. The number of nitrogens with one attached hydrogen (secondary N) is 1. The van der Waals surface area contributed by atoms with Gasteiger partial charge in [0.1, 0.15) is 0 Å². The van der Waals surface area contributed by atoms with Gasteiger partial charge in [-0.15, -0.1) is 0 Å². The molecule has 24 heavy (non-hydrogen) atoms. The smallest absolute Gasteiger partial charge is 0.265 e. The van der Waals surface area contributed by atoms with Gasteiger partial charge >= 0.3 is 0 Å². The number of carbonyl (C=O) groups is 2. The zero-order valence-electron chi connectivity index (χ0n) is 13.5. The monoisotopic (exact) mass is 330 g/mol. The van der Waals surface area contributed by atoms with Gasteiger partial charge in [0.05, 0.1) is 0 Å². The Morgan fingerprint density at radius 3 is 2.54 bits per heavy atom. The Labute approximate surface area is 139 Å². The van der Waals surface area contributed by atoms with Gasteiger partial charge in [0.15, 0.2) is 17.7 Å². The molecule has 0 saturated carbocycles. The molecule has 1 unspecified atom stereocenters. The zero-order valence-corrected chi connectivity index (χ0v) is 13.5. The van der Waals surface area contributed by atoms with Crippen molar-refractivity contribution in [2.24, 2.45) is 5.73 Å². The Kier molecular flexibility index (Phi) is 5.52. The molecule has 6 heteroatoms. The van der Waals surface area contributed by atoms with Crippen molar-refractivity contribution in [3.05, 3.63) is 59.4 Å². The van der Waals surface area contributed by atoms with E-state index in [2.05, 4.69) is 5.32 Å². The van der Waals surface area contributed by atoms with E-state index in [1.165, 1.54) is 12.1 Å². The summed E-state index contributed by atoms with van der Waals surface area (Å²) in [6.07, 6.45) is -0.507. The summed E-state index contributed by atoms with van der Waals surface area (Å²) in [5.41, 5.74) is 6.66. The van der Waals surface area contributed by atoms with Gasteiger partial charge in [-0.2, -0.15) is 0 Å². The highest BCUT2D eigenvalue weighted by atomic mass is 19.1. The Hall–Kier alpha value is -2.89. The molecule has 0 aromatic heterocycles. The van der Waals surface area contributed by atoms with E-state index in [4.69, 9.17) is 10.5 Å². The van der Waals surface area contributed by atoms with Gasteiger partial charge < -0.3 is 15.8 Å². The topological polar surface area (TPSA) is 81.4 Å². The van der Waals surface area contributed by atoms with Crippen LogP contribution in [0, 0.1) is 12.7 Å². The third-order valence-electron chi connectivity index (χ3n) is 3.63. The van der Waals surface area contributed by atoms with Gasteiger partial charge in [0, 0.05) is 11.3 Å². The van der Waals surface area contributed by atoms with Crippen molar-refractivity contribution in [2.75, 3.05) is 5.32 Å². The number of benzene rings is 2. The maximum atomic E-state index is 13.7. The molecule has 0 heterocycles. The first kappa shape index (κ1) is 17.5. The lowest BCUT2D eigenvalue weighted by Gasteiger charge is -2.19. The Bertz CT molecular complexity index is 762. The summed E-state index contributed by atoms with van der Waals surface area (Å²) < 4.78 is 19.1. The average molecular weight is 330 g/mol. The maximum Gasteiger partial charge on any atom is 0.265 e. The highest BCUT2D eigenvalue weighted by Gasteiger charge is 2.21. The highest BCUT2D eigenvalue weighted by molar-refractivity contribution is 5.99. The largest absolute Gasteiger partial charge is 0.478 e. The van der Waals surface area contributed by atoms with Crippen LogP contribution >= 0.6 is 0 Å². The van der Waals surface area contributed by atoms with Crippen molar-refractivity contribution in [1.82, 2.24) is 0 Å². The van der Waals surface area contributed by atoms with Crippen LogP contribution < -0.4 is 15.8 Å². The van der Waals surface area contributed by atoms with E-state index >= 15 is 0 Å². The number of hydrogen-bond donors (Lipinski definition) is 2. The van der Waals surface area contributed by atoms with E-state index in [1.54, 1.807) is 44.2 Å². The van der Waals surface area contributed by atoms with Gasteiger partial charge in [0.25, 0.3) is 5.91 Å². The van der Waals surface area contributed by atoms with Crippen molar-refractivity contribution in [3.63, 3.8) is 0 Å². The predicted molar refractivity (Wildman–Crippen MR) is 89.4 cm³/mol. The van der Waals surface area contributed by atoms with Crippen LogP contribution in [0.4, 0.5) is 10.1 Å². The molecule has 2 aromatic rings. The minimum Gasteiger partial charge on any atom is -0.478 e. The number of rotatable bonds is 6. The number of para-hydroxylation sites is 1. The number of primary amides is 1. The fourth-order valence-corrected chi connectivity index (χ4v) is 2.27. The molecule has 0 aliphatic rings. The number of halogens is 1.